The molecule has 0 amide bonds. The van der Waals surface area contributed by atoms with Crippen molar-refractivity contribution in [2.75, 3.05) is 6.61 Å². The van der Waals surface area contributed by atoms with E-state index in [0.29, 0.717) is 13.1 Å². The number of carbonyl (C=O) groups is 1. The summed E-state index contributed by atoms with van der Waals surface area (Å²) in [6, 6.07) is -0.194. The van der Waals surface area contributed by atoms with E-state index in [1.165, 1.54) is 0 Å². The SMILES string of the molecule is CCOC=O.O=[N+]([O-])C1CCC1. The largest absolute Gasteiger partial charge is 0.468 e. The second kappa shape index (κ2) is 6.57. The zero-order valence-corrected chi connectivity index (χ0v) is 7.06. The Morgan fingerprint density at radius 2 is 2.25 bits per heavy atom. The Labute approximate surface area is 70.9 Å². The summed E-state index contributed by atoms with van der Waals surface area (Å²) < 4.78 is 4.15. The van der Waals surface area contributed by atoms with E-state index in [1.54, 1.807) is 6.92 Å². The van der Waals surface area contributed by atoms with Crippen LogP contribution in [-0.2, 0) is 9.53 Å². The molecule has 12 heavy (non-hydrogen) atoms. The average molecular weight is 175 g/mol. The Kier molecular flexibility index (Phi) is 5.95. The van der Waals surface area contributed by atoms with Crippen LogP contribution in [0.25, 0.3) is 0 Å². The summed E-state index contributed by atoms with van der Waals surface area (Å²) in [5.41, 5.74) is 0. The van der Waals surface area contributed by atoms with Gasteiger partial charge in [0.1, 0.15) is 0 Å². The van der Waals surface area contributed by atoms with Gasteiger partial charge in [-0.2, -0.15) is 0 Å². The first-order valence-corrected chi connectivity index (χ1v) is 3.91. The number of nitrogens with zero attached hydrogens (tertiary/aromatic N) is 1. The predicted octanol–water partition coefficient (Wildman–Crippen LogP) is 0.995. The van der Waals surface area contributed by atoms with Crippen LogP contribution < -0.4 is 0 Å². The summed E-state index contributed by atoms with van der Waals surface area (Å²) in [6.45, 7) is 2.66. The molecule has 0 unspecified atom stereocenters. The van der Waals surface area contributed by atoms with Gasteiger partial charge < -0.3 is 4.74 Å². The van der Waals surface area contributed by atoms with Crippen LogP contribution in [0.4, 0.5) is 0 Å². The van der Waals surface area contributed by atoms with Gasteiger partial charge in [-0.3, -0.25) is 14.9 Å². The number of hydrogen-bond donors (Lipinski definition) is 0. The van der Waals surface area contributed by atoms with Gasteiger partial charge in [0, 0.05) is 17.8 Å². The Morgan fingerprint density at radius 1 is 1.67 bits per heavy atom. The van der Waals surface area contributed by atoms with Gasteiger partial charge in [0.2, 0.25) is 6.04 Å². The molecule has 1 fully saturated rings. The van der Waals surface area contributed by atoms with Crippen molar-refractivity contribution in [3.63, 3.8) is 0 Å². The zero-order chi connectivity index (χ0) is 9.40. The third-order valence-electron chi connectivity index (χ3n) is 1.61. The van der Waals surface area contributed by atoms with Crippen LogP contribution in [0.1, 0.15) is 26.2 Å². The second-order valence-electron chi connectivity index (χ2n) is 2.42. The summed E-state index contributed by atoms with van der Waals surface area (Å²) in [6.07, 6.45) is 2.64. The van der Waals surface area contributed by atoms with Crippen molar-refractivity contribution in [1.29, 1.82) is 0 Å². The average Bonchev–Trinajstić information content (AvgIpc) is 1.85. The molecule has 70 valence electrons. The molecule has 0 N–H and O–H groups in total. The Bertz CT molecular complexity index is 144. The van der Waals surface area contributed by atoms with Crippen LogP contribution in [0.2, 0.25) is 0 Å². The molecule has 0 spiro atoms. The summed E-state index contributed by atoms with van der Waals surface area (Å²) in [5.74, 6) is 0. The van der Waals surface area contributed by atoms with Crippen molar-refractivity contribution >= 4 is 6.47 Å². The van der Waals surface area contributed by atoms with Gasteiger partial charge in [-0.15, -0.1) is 0 Å². The molecule has 0 atom stereocenters. The fraction of sp³-hybridized carbons (Fsp3) is 0.857. The molecule has 0 radical (unpaired) electrons. The fourth-order valence-electron chi connectivity index (χ4n) is 0.666. The van der Waals surface area contributed by atoms with Gasteiger partial charge in [0.05, 0.1) is 6.61 Å². The molecule has 5 heteroatoms. The smallest absolute Gasteiger partial charge is 0.293 e. The van der Waals surface area contributed by atoms with Crippen LogP contribution in [-0.4, -0.2) is 24.0 Å². The topological polar surface area (TPSA) is 69.4 Å². The van der Waals surface area contributed by atoms with Gasteiger partial charge in [-0.05, 0) is 13.3 Å². The van der Waals surface area contributed by atoms with E-state index in [9.17, 15) is 14.9 Å². The molecule has 5 nitrogen and oxygen atoms in total. The van der Waals surface area contributed by atoms with Crippen molar-refractivity contribution in [2.45, 2.75) is 32.2 Å². The van der Waals surface area contributed by atoms with Gasteiger partial charge >= 0.3 is 0 Å². The maximum absolute atomic E-state index is 9.79. The van der Waals surface area contributed by atoms with E-state index in [1.807, 2.05) is 0 Å². The number of hydrogen-bond acceptors (Lipinski definition) is 4. The number of ether oxygens (including phenoxy) is 1. The van der Waals surface area contributed by atoms with E-state index in [-0.39, 0.29) is 11.0 Å². The van der Waals surface area contributed by atoms with E-state index in [4.69, 9.17) is 0 Å². The lowest BCUT2D eigenvalue weighted by Gasteiger charge is -2.15. The van der Waals surface area contributed by atoms with Crippen molar-refractivity contribution in [3.05, 3.63) is 10.1 Å². The highest BCUT2D eigenvalue weighted by Crippen LogP contribution is 2.20. The first-order valence-electron chi connectivity index (χ1n) is 3.91. The van der Waals surface area contributed by atoms with Crippen LogP contribution in [0.5, 0.6) is 0 Å². The molecule has 0 saturated heterocycles. The first-order chi connectivity index (χ1) is 5.72. The fourth-order valence-corrected chi connectivity index (χ4v) is 0.666. The minimum absolute atomic E-state index is 0.191. The van der Waals surface area contributed by atoms with Gasteiger partial charge in [-0.1, -0.05) is 0 Å². The minimum Gasteiger partial charge on any atom is -0.468 e. The second-order valence-corrected chi connectivity index (χ2v) is 2.42. The first kappa shape index (κ1) is 10.9. The summed E-state index contributed by atoms with van der Waals surface area (Å²) in [5, 5.41) is 9.79. The van der Waals surface area contributed by atoms with Gasteiger partial charge in [-0.25, -0.2) is 0 Å². The quantitative estimate of drug-likeness (QED) is 0.364. The standard InChI is InChI=1S/C4H7NO2.C3H6O2/c6-5(7)4-2-1-3-4;1-2-5-3-4/h4H,1-3H2;3H,2H2,1H3. The molecule has 0 aromatic rings. The molecule has 1 rings (SSSR count). The van der Waals surface area contributed by atoms with Crippen molar-refractivity contribution in [2.24, 2.45) is 0 Å². The number of carbonyl (C=O) groups excluding carboxylic acids is 1. The summed E-state index contributed by atoms with van der Waals surface area (Å²) >= 11 is 0. The van der Waals surface area contributed by atoms with Crippen molar-refractivity contribution in [3.8, 4) is 0 Å². The summed E-state index contributed by atoms with van der Waals surface area (Å²) in [4.78, 5) is 18.8. The van der Waals surface area contributed by atoms with E-state index in [2.05, 4.69) is 4.74 Å². The minimum atomic E-state index is -0.194. The molecule has 1 aliphatic carbocycles. The van der Waals surface area contributed by atoms with E-state index in [0.717, 1.165) is 19.3 Å². The molecular formula is C7H13NO4. The molecule has 0 aliphatic heterocycles. The molecule has 1 saturated carbocycles. The highest BCUT2D eigenvalue weighted by molar-refractivity contribution is 5.36. The predicted molar refractivity (Wildman–Crippen MR) is 42.3 cm³/mol. The van der Waals surface area contributed by atoms with E-state index >= 15 is 0 Å². The Morgan fingerprint density at radius 3 is 2.25 bits per heavy atom. The number of nitro groups is 1. The highest BCUT2D eigenvalue weighted by atomic mass is 16.6. The summed E-state index contributed by atoms with van der Waals surface area (Å²) in [7, 11) is 0. The number of rotatable bonds is 3. The molecule has 1 aliphatic rings. The monoisotopic (exact) mass is 175 g/mol. The third kappa shape index (κ3) is 4.65. The third-order valence-corrected chi connectivity index (χ3v) is 1.61. The lowest BCUT2D eigenvalue weighted by molar-refractivity contribution is -0.535. The van der Waals surface area contributed by atoms with Gasteiger partial charge in [0.25, 0.3) is 6.47 Å². The van der Waals surface area contributed by atoms with Crippen molar-refractivity contribution in [1.82, 2.24) is 0 Å². The van der Waals surface area contributed by atoms with Crippen LogP contribution in [0.3, 0.4) is 0 Å². The molecule has 0 heterocycles. The van der Waals surface area contributed by atoms with Crippen molar-refractivity contribution < 1.29 is 14.5 Å². The maximum atomic E-state index is 9.79. The van der Waals surface area contributed by atoms with Crippen LogP contribution >= 0.6 is 0 Å². The van der Waals surface area contributed by atoms with Gasteiger partial charge in [0.15, 0.2) is 0 Å². The molecule has 0 aromatic heterocycles. The molecule has 0 aromatic carbocycles. The zero-order valence-electron chi connectivity index (χ0n) is 7.06. The molecule has 0 bridgehead atoms. The highest BCUT2D eigenvalue weighted by Gasteiger charge is 2.27. The van der Waals surface area contributed by atoms with Crippen LogP contribution in [0.15, 0.2) is 0 Å². The Hall–Kier alpha value is -1.13. The maximum Gasteiger partial charge on any atom is 0.293 e. The normalized spacial score (nSPS) is 15.1. The lowest BCUT2D eigenvalue weighted by Crippen LogP contribution is -2.26. The van der Waals surface area contributed by atoms with E-state index < -0.39 is 0 Å². The lowest BCUT2D eigenvalue weighted by atomic mass is 9.94. The van der Waals surface area contributed by atoms with Crippen LogP contribution in [0, 0.1) is 10.1 Å². The Balaban J connectivity index is 0.000000217. The molecular weight excluding hydrogens is 162 g/mol.